The van der Waals surface area contributed by atoms with Crippen molar-refractivity contribution in [1.82, 2.24) is 9.78 Å². The van der Waals surface area contributed by atoms with E-state index in [0.717, 1.165) is 0 Å². The molecule has 2 aromatic rings. The molecule has 1 aromatic carbocycles. The molecule has 1 unspecified atom stereocenters. The first-order valence-electron chi connectivity index (χ1n) is 7.18. The maximum Gasteiger partial charge on any atom is 0.228 e. The molecule has 0 aliphatic heterocycles. The first-order chi connectivity index (χ1) is 11.8. The number of hydrogen-bond acceptors (Lipinski definition) is 4. The lowest BCUT2D eigenvalue weighted by Gasteiger charge is -2.14. The Morgan fingerprint density at radius 3 is 2.60 bits per heavy atom. The number of halogens is 3. The summed E-state index contributed by atoms with van der Waals surface area (Å²) in [6, 6.07) is 5.05. The maximum atomic E-state index is 12.3. The highest BCUT2D eigenvalue weighted by Crippen LogP contribution is 2.36. The number of ketones is 1. The van der Waals surface area contributed by atoms with Crippen LogP contribution >= 0.6 is 34.8 Å². The van der Waals surface area contributed by atoms with Crippen molar-refractivity contribution >= 4 is 52.3 Å². The van der Waals surface area contributed by atoms with Crippen molar-refractivity contribution in [2.24, 2.45) is 5.92 Å². The van der Waals surface area contributed by atoms with Gasteiger partial charge in [0.05, 0.1) is 27.0 Å². The fraction of sp³-hybridized carbons (Fsp3) is 0.250. The van der Waals surface area contributed by atoms with E-state index in [0.29, 0.717) is 5.69 Å². The topological polar surface area (TPSA) is 87.8 Å². The fourth-order valence-corrected chi connectivity index (χ4v) is 2.79. The molecule has 0 aliphatic carbocycles. The van der Waals surface area contributed by atoms with Crippen molar-refractivity contribution in [2.45, 2.75) is 20.3 Å². The van der Waals surface area contributed by atoms with Crippen LogP contribution in [0.15, 0.2) is 18.3 Å². The molecule has 0 saturated carbocycles. The van der Waals surface area contributed by atoms with E-state index < -0.39 is 11.8 Å². The van der Waals surface area contributed by atoms with Crippen molar-refractivity contribution in [1.29, 1.82) is 5.26 Å². The highest BCUT2D eigenvalue weighted by molar-refractivity contribution is 6.48. The number of hydrogen-bond donors (Lipinski definition) is 1. The summed E-state index contributed by atoms with van der Waals surface area (Å²) in [6.07, 6.45) is 1.39. The largest absolute Gasteiger partial charge is 0.309 e. The van der Waals surface area contributed by atoms with E-state index in [-0.39, 0.29) is 38.7 Å². The van der Waals surface area contributed by atoms with Crippen LogP contribution in [0.4, 0.5) is 5.82 Å². The van der Waals surface area contributed by atoms with E-state index in [1.807, 2.05) is 6.07 Å². The summed E-state index contributed by atoms with van der Waals surface area (Å²) in [6.45, 7) is 3.03. The Bertz CT molecular complexity index is 886. The SMILES string of the molecule is CC(=O)CC(C)C(=O)Nc1c(C#N)cnn1-c1ccc(Cl)c(Cl)c1Cl. The van der Waals surface area contributed by atoms with Crippen molar-refractivity contribution in [3.8, 4) is 11.8 Å². The van der Waals surface area contributed by atoms with Gasteiger partial charge in [-0.05, 0) is 19.1 Å². The van der Waals surface area contributed by atoms with Gasteiger partial charge in [0.25, 0.3) is 0 Å². The first kappa shape index (κ1) is 19.3. The van der Waals surface area contributed by atoms with Crippen LogP contribution in [0.3, 0.4) is 0 Å². The van der Waals surface area contributed by atoms with Crippen LogP contribution in [0.1, 0.15) is 25.8 Å². The minimum atomic E-state index is -0.559. The van der Waals surface area contributed by atoms with E-state index in [1.54, 1.807) is 13.0 Å². The molecule has 0 fully saturated rings. The zero-order valence-corrected chi connectivity index (χ0v) is 15.6. The third-order valence-corrected chi connectivity index (χ3v) is 4.70. The van der Waals surface area contributed by atoms with Crippen LogP contribution in [0.5, 0.6) is 0 Å². The van der Waals surface area contributed by atoms with Crippen LogP contribution in [0, 0.1) is 17.2 Å². The summed E-state index contributed by atoms with van der Waals surface area (Å²) < 4.78 is 1.29. The molecular formula is C16H13Cl3N4O2. The molecule has 9 heteroatoms. The van der Waals surface area contributed by atoms with Crippen LogP contribution < -0.4 is 5.32 Å². The molecule has 0 radical (unpaired) electrons. The molecule has 0 saturated heterocycles. The summed E-state index contributed by atoms with van der Waals surface area (Å²) in [5.41, 5.74) is 0.498. The highest BCUT2D eigenvalue weighted by Gasteiger charge is 2.22. The van der Waals surface area contributed by atoms with Crippen LogP contribution in [-0.4, -0.2) is 21.5 Å². The van der Waals surface area contributed by atoms with E-state index in [4.69, 9.17) is 34.8 Å². The molecule has 25 heavy (non-hydrogen) atoms. The lowest BCUT2D eigenvalue weighted by Crippen LogP contribution is -2.24. The third-order valence-electron chi connectivity index (χ3n) is 3.42. The second-order valence-corrected chi connectivity index (χ2v) is 6.58. The Balaban J connectivity index is 2.45. The molecule has 1 heterocycles. The number of aromatic nitrogens is 2. The smallest absolute Gasteiger partial charge is 0.228 e. The number of benzene rings is 1. The second-order valence-electron chi connectivity index (χ2n) is 5.42. The normalized spacial score (nSPS) is 11.7. The predicted molar refractivity (Wildman–Crippen MR) is 96.4 cm³/mol. The molecule has 6 nitrogen and oxygen atoms in total. The number of anilines is 1. The summed E-state index contributed by atoms with van der Waals surface area (Å²) in [5, 5.41) is 16.5. The Morgan fingerprint density at radius 1 is 1.32 bits per heavy atom. The zero-order chi connectivity index (χ0) is 18.7. The van der Waals surface area contributed by atoms with Gasteiger partial charge in [-0.3, -0.25) is 4.79 Å². The minimum Gasteiger partial charge on any atom is -0.309 e. The Kier molecular flexibility index (Phi) is 6.07. The van der Waals surface area contributed by atoms with Gasteiger partial charge in [-0.2, -0.15) is 10.4 Å². The Morgan fingerprint density at radius 2 is 2.00 bits per heavy atom. The van der Waals surface area contributed by atoms with Crippen molar-refractivity contribution < 1.29 is 9.59 Å². The molecule has 0 bridgehead atoms. The van der Waals surface area contributed by atoms with Gasteiger partial charge < -0.3 is 10.1 Å². The number of nitriles is 1. The standard InChI is InChI=1S/C16H13Cl3N4O2/c1-8(5-9(2)24)16(25)22-15-10(6-20)7-21-23(15)12-4-3-11(17)13(18)14(12)19/h3-4,7-8H,5H2,1-2H3,(H,22,25). The predicted octanol–water partition coefficient (Wildman–Crippen LogP) is 4.26. The number of amides is 1. The van der Waals surface area contributed by atoms with Gasteiger partial charge in [0, 0.05) is 12.3 Å². The van der Waals surface area contributed by atoms with Crippen LogP contribution in [0.25, 0.3) is 5.69 Å². The van der Waals surface area contributed by atoms with Gasteiger partial charge >= 0.3 is 0 Å². The summed E-state index contributed by atoms with van der Waals surface area (Å²) in [7, 11) is 0. The van der Waals surface area contributed by atoms with E-state index in [9.17, 15) is 14.9 Å². The fourth-order valence-electron chi connectivity index (χ4n) is 2.18. The van der Waals surface area contributed by atoms with Gasteiger partial charge in [0.1, 0.15) is 17.4 Å². The molecular weight excluding hydrogens is 387 g/mol. The van der Waals surface area contributed by atoms with Crippen molar-refractivity contribution in [3.05, 3.63) is 39.0 Å². The summed E-state index contributed by atoms with van der Waals surface area (Å²) in [5.74, 6) is -0.936. The highest BCUT2D eigenvalue weighted by atomic mass is 35.5. The monoisotopic (exact) mass is 398 g/mol. The summed E-state index contributed by atoms with van der Waals surface area (Å²) in [4.78, 5) is 23.5. The van der Waals surface area contributed by atoms with Gasteiger partial charge in [-0.25, -0.2) is 4.68 Å². The quantitative estimate of drug-likeness (QED) is 0.761. The first-order valence-corrected chi connectivity index (χ1v) is 8.32. The van der Waals surface area contributed by atoms with E-state index in [2.05, 4.69) is 10.4 Å². The number of nitrogens with zero attached hydrogens (tertiary/aromatic N) is 3. The molecule has 1 aromatic heterocycles. The van der Waals surface area contributed by atoms with Crippen LogP contribution in [-0.2, 0) is 9.59 Å². The lowest BCUT2D eigenvalue weighted by atomic mass is 10.0. The van der Waals surface area contributed by atoms with E-state index >= 15 is 0 Å². The second kappa shape index (κ2) is 7.87. The molecule has 130 valence electrons. The van der Waals surface area contributed by atoms with Gasteiger partial charge in [0.2, 0.25) is 5.91 Å². The molecule has 0 aliphatic rings. The zero-order valence-electron chi connectivity index (χ0n) is 13.3. The Labute approximate surface area is 159 Å². The number of carbonyl (C=O) groups excluding carboxylic acids is 2. The van der Waals surface area contributed by atoms with Gasteiger partial charge in [-0.1, -0.05) is 41.7 Å². The average molecular weight is 400 g/mol. The molecule has 1 atom stereocenters. The van der Waals surface area contributed by atoms with Gasteiger partial charge in [-0.15, -0.1) is 0 Å². The average Bonchev–Trinajstić information content (AvgIpc) is 2.94. The van der Waals surface area contributed by atoms with Crippen LogP contribution in [0.2, 0.25) is 15.1 Å². The van der Waals surface area contributed by atoms with E-state index in [1.165, 1.54) is 23.9 Å². The molecule has 0 spiro atoms. The number of nitrogens with one attached hydrogen (secondary N) is 1. The third kappa shape index (κ3) is 4.13. The lowest BCUT2D eigenvalue weighted by molar-refractivity contribution is -0.124. The molecule has 1 N–H and O–H groups in total. The van der Waals surface area contributed by atoms with Crippen molar-refractivity contribution in [3.63, 3.8) is 0 Å². The number of carbonyl (C=O) groups is 2. The molecule has 1 amide bonds. The summed E-state index contributed by atoms with van der Waals surface area (Å²) >= 11 is 18.2. The minimum absolute atomic E-state index is 0.0926. The number of rotatable bonds is 5. The van der Waals surface area contributed by atoms with Gasteiger partial charge in [0.15, 0.2) is 5.82 Å². The Hall–Kier alpha value is -2.07. The van der Waals surface area contributed by atoms with Crippen molar-refractivity contribution in [2.75, 3.05) is 5.32 Å². The maximum absolute atomic E-state index is 12.3. The molecule has 2 rings (SSSR count). The number of Topliss-reactive ketones (excluding diaryl/α,β-unsaturated/α-hetero) is 1.